The molecular weight excluding hydrogens is 298 g/mol. The Morgan fingerprint density at radius 2 is 1.75 bits per heavy atom. The lowest BCUT2D eigenvalue weighted by Crippen LogP contribution is -2.00. The Hall–Kier alpha value is -1.72. The van der Waals surface area contributed by atoms with Gasteiger partial charge in [0.2, 0.25) is 0 Å². The molecule has 4 nitrogen and oxygen atoms in total. The third kappa shape index (κ3) is 3.23. The van der Waals surface area contributed by atoms with Crippen molar-refractivity contribution in [3.8, 4) is 11.5 Å². The minimum absolute atomic E-state index is 0.162. The average Bonchev–Trinajstić information content (AvgIpc) is 2.33. The van der Waals surface area contributed by atoms with E-state index in [4.69, 9.17) is 22.1 Å². The molecule has 0 amide bonds. The van der Waals surface area contributed by atoms with Gasteiger partial charge < -0.3 is 10.5 Å². The van der Waals surface area contributed by atoms with Gasteiger partial charge in [-0.3, -0.25) is 0 Å². The number of benzene rings is 2. The lowest BCUT2D eigenvalue weighted by atomic mass is 10.2. The van der Waals surface area contributed by atoms with Gasteiger partial charge in [0.25, 0.3) is 0 Å². The molecular formula is C14H14ClNO3S. The largest absolute Gasteiger partial charge is 0.455 e. The van der Waals surface area contributed by atoms with E-state index in [0.29, 0.717) is 16.5 Å². The second-order valence-corrected chi connectivity index (χ2v) is 6.94. The molecule has 0 saturated heterocycles. The quantitative estimate of drug-likeness (QED) is 0.882. The smallest absolute Gasteiger partial charge is 0.175 e. The summed E-state index contributed by atoms with van der Waals surface area (Å²) in [5.74, 6) is 1.02. The molecule has 0 bridgehead atoms. The number of hydrogen-bond acceptors (Lipinski definition) is 4. The first kappa shape index (κ1) is 14.7. The summed E-state index contributed by atoms with van der Waals surface area (Å²) in [6.07, 6.45) is 1.13. The van der Waals surface area contributed by atoms with Gasteiger partial charge in [0, 0.05) is 11.3 Å². The van der Waals surface area contributed by atoms with Crippen LogP contribution in [0.15, 0.2) is 41.3 Å². The molecule has 2 rings (SSSR count). The van der Waals surface area contributed by atoms with Crippen molar-refractivity contribution < 1.29 is 13.2 Å². The second-order valence-electron chi connectivity index (χ2n) is 4.48. The second kappa shape index (κ2) is 5.34. The highest BCUT2D eigenvalue weighted by molar-refractivity contribution is 7.90. The van der Waals surface area contributed by atoms with E-state index in [9.17, 15) is 8.42 Å². The molecule has 0 unspecified atom stereocenters. The summed E-state index contributed by atoms with van der Waals surface area (Å²) in [5, 5.41) is 0.621. The first-order chi connectivity index (χ1) is 9.27. The normalized spacial score (nSPS) is 11.3. The zero-order valence-corrected chi connectivity index (χ0v) is 12.6. The van der Waals surface area contributed by atoms with Crippen LogP contribution in [0.4, 0.5) is 5.69 Å². The Labute approximate surface area is 123 Å². The molecule has 2 N–H and O–H groups in total. The number of anilines is 1. The van der Waals surface area contributed by atoms with Crippen molar-refractivity contribution in [1.82, 2.24) is 0 Å². The van der Waals surface area contributed by atoms with E-state index >= 15 is 0 Å². The molecule has 20 heavy (non-hydrogen) atoms. The van der Waals surface area contributed by atoms with Crippen molar-refractivity contribution in [2.24, 2.45) is 0 Å². The van der Waals surface area contributed by atoms with Crippen LogP contribution in [-0.2, 0) is 9.84 Å². The van der Waals surface area contributed by atoms with Gasteiger partial charge in [-0.25, -0.2) is 8.42 Å². The molecule has 0 atom stereocenters. The fourth-order valence-corrected chi connectivity index (χ4v) is 2.58. The Balaban J connectivity index is 2.35. The minimum atomic E-state index is -3.28. The average molecular weight is 312 g/mol. The van der Waals surface area contributed by atoms with Crippen LogP contribution in [0.5, 0.6) is 11.5 Å². The van der Waals surface area contributed by atoms with Crippen LogP contribution in [0.1, 0.15) is 5.56 Å². The van der Waals surface area contributed by atoms with Crippen LogP contribution in [-0.4, -0.2) is 14.7 Å². The van der Waals surface area contributed by atoms with E-state index in [1.807, 2.05) is 6.92 Å². The van der Waals surface area contributed by atoms with E-state index < -0.39 is 9.84 Å². The van der Waals surface area contributed by atoms with Crippen molar-refractivity contribution in [2.45, 2.75) is 11.8 Å². The summed E-state index contributed by atoms with van der Waals surface area (Å²) in [5.41, 5.74) is 6.96. The first-order valence-corrected chi connectivity index (χ1v) is 8.08. The summed E-state index contributed by atoms with van der Waals surface area (Å²) in [4.78, 5) is 0.162. The molecule has 0 aliphatic rings. The topological polar surface area (TPSA) is 69.4 Å². The van der Waals surface area contributed by atoms with E-state index in [1.165, 1.54) is 12.1 Å². The zero-order chi connectivity index (χ0) is 14.9. The highest BCUT2D eigenvalue weighted by Gasteiger charge is 2.11. The summed E-state index contributed by atoms with van der Waals surface area (Å²) in [6, 6.07) is 9.62. The monoisotopic (exact) mass is 311 g/mol. The number of nitrogens with two attached hydrogens (primary N) is 1. The van der Waals surface area contributed by atoms with Gasteiger partial charge in [-0.2, -0.15) is 0 Å². The van der Waals surface area contributed by atoms with E-state index in [0.717, 1.165) is 11.8 Å². The van der Waals surface area contributed by atoms with Crippen LogP contribution >= 0.6 is 11.6 Å². The molecule has 0 spiro atoms. The van der Waals surface area contributed by atoms with Gasteiger partial charge in [0.1, 0.15) is 11.5 Å². The Morgan fingerprint density at radius 3 is 2.30 bits per heavy atom. The number of hydrogen-bond donors (Lipinski definition) is 1. The Morgan fingerprint density at radius 1 is 1.10 bits per heavy atom. The van der Waals surface area contributed by atoms with Crippen LogP contribution < -0.4 is 10.5 Å². The van der Waals surface area contributed by atoms with Gasteiger partial charge in [-0.1, -0.05) is 11.6 Å². The van der Waals surface area contributed by atoms with Crippen molar-refractivity contribution in [3.05, 3.63) is 47.0 Å². The van der Waals surface area contributed by atoms with Gasteiger partial charge in [0.05, 0.1) is 10.6 Å². The van der Waals surface area contributed by atoms with E-state index in [1.54, 1.807) is 24.3 Å². The molecule has 0 fully saturated rings. The number of ether oxygens (including phenoxy) is 1. The van der Waals surface area contributed by atoms with Crippen molar-refractivity contribution in [1.29, 1.82) is 0 Å². The van der Waals surface area contributed by atoms with Gasteiger partial charge in [-0.15, -0.1) is 0 Å². The minimum Gasteiger partial charge on any atom is -0.455 e. The van der Waals surface area contributed by atoms with Crippen LogP contribution in [0.25, 0.3) is 0 Å². The fraction of sp³-hybridized carbons (Fsp3) is 0.143. The number of aryl methyl sites for hydroxylation is 1. The zero-order valence-electron chi connectivity index (χ0n) is 11.1. The predicted molar refractivity (Wildman–Crippen MR) is 80.2 cm³/mol. The highest BCUT2D eigenvalue weighted by Crippen LogP contribution is 2.32. The lowest BCUT2D eigenvalue weighted by Gasteiger charge is -2.11. The SMILES string of the molecule is Cc1cc(Cl)ccc1Oc1ccc(S(C)(=O)=O)cc1N. The van der Waals surface area contributed by atoms with Gasteiger partial charge in [0.15, 0.2) is 9.84 Å². The maximum absolute atomic E-state index is 11.4. The number of rotatable bonds is 3. The molecule has 2 aromatic carbocycles. The first-order valence-electron chi connectivity index (χ1n) is 5.81. The molecule has 0 aliphatic carbocycles. The molecule has 106 valence electrons. The Kier molecular flexibility index (Phi) is 3.92. The van der Waals surface area contributed by atoms with Crippen LogP contribution in [0, 0.1) is 6.92 Å². The van der Waals surface area contributed by atoms with E-state index in [-0.39, 0.29) is 10.6 Å². The maximum Gasteiger partial charge on any atom is 0.175 e. The molecule has 0 aliphatic heterocycles. The summed E-state index contributed by atoms with van der Waals surface area (Å²) in [7, 11) is -3.28. The fourth-order valence-electron chi connectivity index (χ4n) is 1.70. The van der Waals surface area contributed by atoms with E-state index in [2.05, 4.69) is 0 Å². The van der Waals surface area contributed by atoms with Crippen molar-refractivity contribution >= 4 is 27.1 Å². The van der Waals surface area contributed by atoms with Gasteiger partial charge >= 0.3 is 0 Å². The molecule has 0 radical (unpaired) electrons. The van der Waals surface area contributed by atoms with Crippen molar-refractivity contribution in [3.63, 3.8) is 0 Å². The number of sulfone groups is 1. The highest BCUT2D eigenvalue weighted by atomic mass is 35.5. The number of halogens is 1. The predicted octanol–water partition coefficient (Wildman–Crippen LogP) is 3.43. The molecule has 0 aromatic heterocycles. The van der Waals surface area contributed by atoms with Crippen LogP contribution in [0.3, 0.4) is 0 Å². The van der Waals surface area contributed by atoms with Crippen LogP contribution in [0.2, 0.25) is 5.02 Å². The molecule has 6 heteroatoms. The summed E-state index contributed by atoms with van der Waals surface area (Å²) >= 11 is 5.88. The maximum atomic E-state index is 11.4. The molecule has 2 aromatic rings. The summed E-state index contributed by atoms with van der Waals surface area (Å²) in [6.45, 7) is 1.86. The lowest BCUT2D eigenvalue weighted by molar-refractivity contribution is 0.481. The Bertz CT molecular complexity index is 757. The summed E-state index contributed by atoms with van der Waals surface area (Å²) < 4.78 is 28.6. The number of nitrogen functional groups attached to an aromatic ring is 1. The standard InChI is InChI=1S/C14H14ClNO3S/c1-9-7-10(15)3-5-13(9)19-14-6-4-11(8-12(14)16)20(2,17)18/h3-8H,16H2,1-2H3. The molecule has 0 heterocycles. The van der Waals surface area contributed by atoms with Crippen molar-refractivity contribution in [2.75, 3.05) is 12.0 Å². The third-order valence-corrected chi connectivity index (χ3v) is 4.11. The van der Waals surface area contributed by atoms with Gasteiger partial charge in [-0.05, 0) is 48.9 Å². The molecule has 0 saturated carbocycles. The third-order valence-electron chi connectivity index (χ3n) is 2.77.